The van der Waals surface area contributed by atoms with Crippen LogP contribution in [0, 0.1) is 13.8 Å². The average Bonchev–Trinajstić information content (AvgIpc) is 3.53. The van der Waals surface area contributed by atoms with Crippen molar-refractivity contribution in [3.8, 4) is 0 Å². The van der Waals surface area contributed by atoms with Crippen molar-refractivity contribution in [2.75, 3.05) is 13.2 Å². The summed E-state index contributed by atoms with van der Waals surface area (Å²) in [6.07, 6.45) is 1.34. The van der Waals surface area contributed by atoms with Crippen molar-refractivity contribution in [3.05, 3.63) is 82.1 Å². The third-order valence-electron chi connectivity index (χ3n) is 5.55. The first-order valence-corrected chi connectivity index (χ1v) is 26.8. The van der Waals surface area contributed by atoms with Gasteiger partial charge in [-0.2, -0.15) is 0 Å². The molecule has 0 fully saturated rings. The molecule has 2 aliphatic rings. The summed E-state index contributed by atoms with van der Waals surface area (Å²) in [5.74, 6) is 4.50. The summed E-state index contributed by atoms with van der Waals surface area (Å²) in [4.78, 5) is 0.408. The van der Waals surface area contributed by atoms with Gasteiger partial charge in [-0.25, -0.2) is 0 Å². The van der Waals surface area contributed by atoms with Crippen LogP contribution in [0.25, 0.3) is 0 Å². The molecule has 0 atom stereocenters. The molecule has 0 aromatic heterocycles. The van der Waals surface area contributed by atoms with Crippen LogP contribution in [0.2, 0.25) is 11.6 Å². The van der Waals surface area contributed by atoms with Gasteiger partial charge in [0.1, 0.15) is 0 Å². The number of hydrogen-bond donors (Lipinski definition) is 0. The van der Waals surface area contributed by atoms with Gasteiger partial charge in [-0.05, 0) is 0 Å². The van der Waals surface area contributed by atoms with Crippen LogP contribution in [0.1, 0.15) is 24.0 Å². The van der Waals surface area contributed by atoms with E-state index in [0.717, 1.165) is 11.1 Å². The quantitative estimate of drug-likeness (QED) is 0.241. The molecule has 0 N–H and O–H groups in total. The van der Waals surface area contributed by atoms with E-state index in [-0.39, 0.29) is 52.9 Å². The zero-order valence-corrected chi connectivity index (χ0v) is 34.1. The topological polar surface area (TPSA) is 86.7 Å². The second-order valence-electron chi connectivity index (χ2n) is 8.49. The van der Waals surface area contributed by atoms with E-state index in [1.165, 1.54) is 8.94 Å². The standard InChI is InChI=1S/C26H28O6S2Se6/c1-17-5-9-19(10-6-17)33(27,28)31-15-13-21-23(35-3)39-25(37-21)26-38-22(24(36-4)40-26)14-16-32-34(29,30)20-11-7-18(2)8-12-20/h5-12H,13-16H2,1-4H3/b26-25+. The van der Waals surface area contributed by atoms with Crippen molar-refractivity contribution in [2.45, 2.75) is 48.1 Å². The van der Waals surface area contributed by atoms with Crippen molar-refractivity contribution in [3.63, 3.8) is 0 Å². The second kappa shape index (κ2) is 15.1. The summed E-state index contributed by atoms with van der Waals surface area (Å²) in [5.41, 5.74) is 2.02. The minimum absolute atomic E-state index is 0.182. The maximum absolute atomic E-state index is 12.6. The fourth-order valence-corrected chi connectivity index (χ4v) is 31.1. The van der Waals surface area contributed by atoms with E-state index < -0.39 is 20.2 Å². The zero-order valence-electron chi connectivity index (χ0n) is 22.2. The summed E-state index contributed by atoms with van der Waals surface area (Å²) >= 11 is 2.03. The predicted octanol–water partition coefficient (Wildman–Crippen LogP) is 3.01. The van der Waals surface area contributed by atoms with Crippen molar-refractivity contribution >= 4 is 110 Å². The number of benzene rings is 2. The van der Waals surface area contributed by atoms with Crippen LogP contribution in [0.3, 0.4) is 0 Å². The molecule has 0 saturated heterocycles. The van der Waals surface area contributed by atoms with E-state index in [1.807, 2.05) is 13.8 Å². The fraction of sp³-hybridized carbons (Fsp3) is 0.308. The van der Waals surface area contributed by atoms with Gasteiger partial charge in [0.05, 0.1) is 0 Å². The summed E-state index contributed by atoms with van der Waals surface area (Å²) < 4.78 is 70.5. The van der Waals surface area contributed by atoms with Gasteiger partial charge in [-0.3, -0.25) is 0 Å². The fourth-order valence-electron chi connectivity index (χ4n) is 3.45. The Morgan fingerprint density at radius 1 is 0.600 bits per heavy atom. The normalized spacial score (nSPS) is 18.3. The molecule has 216 valence electrons. The molecular formula is C26H28O6S2Se6. The molecule has 0 radical (unpaired) electrons. The van der Waals surface area contributed by atoms with Crippen LogP contribution in [0.5, 0.6) is 0 Å². The molecule has 40 heavy (non-hydrogen) atoms. The molecule has 2 aromatic carbocycles. The van der Waals surface area contributed by atoms with Crippen LogP contribution in [0.15, 0.2) is 80.7 Å². The van der Waals surface area contributed by atoms with Gasteiger partial charge >= 0.3 is 279 Å². The Kier molecular flexibility index (Phi) is 12.6. The van der Waals surface area contributed by atoms with Gasteiger partial charge in [0.25, 0.3) is 0 Å². The molecule has 14 heteroatoms. The Labute approximate surface area is 275 Å². The van der Waals surface area contributed by atoms with E-state index in [2.05, 4.69) is 11.6 Å². The average molecular weight is 974 g/mol. The number of rotatable bonds is 12. The van der Waals surface area contributed by atoms with Gasteiger partial charge < -0.3 is 0 Å². The van der Waals surface area contributed by atoms with Gasteiger partial charge in [0.15, 0.2) is 0 Å². The monoisotopic (exact) mass is 980 g/mol. The van der Waals surface area contributed by atoms with Gasteiger partial charge in [-0.1, -0.05) is 0 Å². The summed E-state index contributed by atoms with van der Waals surface area (Å²) in [5, 5.41) is 0. The Hall–Kier alpha value is 0.597. The number of hydrogen-bond acceptors (Lipinski definition) is 6. The molecule has 0 aliphatic carbocycles. The van der Waals surface area contributed by atoms with Gasteiger partial charge in [0.2, 0.25) is 0 Å². The Morgan fingerprint density at radius 2 is 0.950 bits per heavy atom. The summed E-state index contributed by atoms with van der Waals surface area (Å²) in [6.45, 7) is 4.21. The van der Waals surface area contributed by atoms with Crippen molar-refractivity contribution in [1.29, 1.82) is 0 Å². The predicted molar refractivity (Wildman–Crippen MR) is 165 cm³/mol. The van der Waals surface area contributed by atoms with Gasteiger partial charge in [0, 0.05) is 0 Å². The Balaban J connectivity index is 1.34. The van der Waals surface area contributed by atoms with E-state index >= 15 is 0 Å². The summed E-state index contributed by atoms with van der Waals surface area (Å²) in [6, 6.07) is 13.5. The van der Waals surface area contributed by atoms with Crippen molar-refractivity contribution in [2.24, 2.45) is 0 Å². The summed E-state index contributed by atoms with van der Waals surface area (Å²) in [7, 11) is -7.50. The Bertz CT molecular complexity index is 1430. The molecule has 0 bridgehead atoms. The first-order valence-electron chi connectivity index (χ1n) is 11.9. The van der Waals surface area contributed by atoms with Crippen LogP contribution < -0.4 is 0 Å². The first kappa shape index (κ1) is 33.5. The molecule has 0 spiro atoms. The van der Waals surface area contributed by atoms with E-state index in [1.54, 1.807) is 62.0 Å². The van der Waals surface area contributed by atoms with Crippen LogP contribution in [-0.4, -0.2) is 120 Å². The Morgan fingerprint density at radius 3 is 1.27 bits per heavy atom. The molecule has 2 aliphatic heterocycles. The van der Waals surface area contributed by atoms with E-state index in [4.69, 9.17) is 8.37 Å². The number of aryl methyl sites for hydroxylation is 2. The van der Waals surface area contributed by atoms with Crippen LogP contribution in [-0.2, 0) is 28.6 Å². The molecule has 0 amide bonds. The molecule has 2 aromatic rings. The third-order valence-corrected chi connectivity index (χ3v) is 32.9. The SMILES string of the molecule is C[Se]C1=C(CCOS(=O)(=O)c2ccc(C)cc2)[Se]/C(=C2/[Se]C(CCOS(=O)(=O)c3ccc(C)cc3)=C([Se]C)[Se]2)[Se]1. The van der Waals surface area contributed by atoms with Gasteiger partial charge in [-0.15, -0.1) is 0 Å². The van der Waals surface area contributed by atoms with Crippen molar-refractivity contribution < 1.29 is 25.2 Å². The third kappa shape index (κ3) is 8.83. The minimum atomic E-state index is -3.75. The molecule has 2 heterocycles. The molecule has 0 saturated carbocycles. The van der Waals surface area contributed by atoms with E-state index in [0.29, 0.717) is 72.7 Å². The van der Waals surface area contributed by atoms with Crippen LogP contribution >= 0.6 is 0 Å². The zero-order chi connectivity index (χ0) is 28.9. The van der Waals surface area contributed by atoms with Crippen LogP contribution in [0.4, 0.5) is 0 Å². The molecule has 0 unspecified atom stereocenters. The molecule has 6 nitrogen and oxygen atoms in total. The van der Waals surface area contributed by atoms with E-state index in [9.17, 15) is 16.8 Å². The van der Waals surface area contributed by atoms with Crippen molar-refractivity contribution in [1.82, 2.24) is 0 Å². The first-order chi connectivity index (χ1) is 19.0. The molecule has 4 rings (SSSR count). The maximum atomic E-state index is 12.6. The molecular weight excluding hydrogens is 946 g/mol. The second-order valence-corrected chi connectivity index (χ2v) is 29.3.